The van der Waals surface area contributed by atoms with Gasteiger partial charge in [-0.05, 0) is 17.7 Å². The summed E-state index contributed by atoms with van der Waals surface area (Å²) in [4.78, 5) is 32.0. The van der Waals surface area contributed by atoms with Crippen molar-refractivity contribution in [1.29, 1.82) is 0 Å². The third-order valence-corrected chi connectivity index (χ3v) is 4.55. The van der Waals surface area contributed by atoms with Gasteiger partial charge in [-0.25, -0.2) is 0 Å². The van der Waals surface area contributed by atoms with Gasteiger partial charge in [0.15, 0.2) is 5.78 Å². The number of carbonyl (C=O) groups excluding carboxylic acids is 2. The Bertz CT molecular complexity index is 1010. The summed E-state index contributed by atoms with van der Waals surface area (Å²) in [5, 5.41) is 0. The highest BCUT2D eigenvalue weighted by molar-refractivity contribution is 6.19. The predicted molar refractivity (Wildman–Crippen MR) is 107 cm³/mol. The molecule has 0 atom stereocenters. The van der Waals surface area contributed by atoms with Crippen molar-refractivity contribution in [1.82, 2.24) is 0 Å². The molecule has 0 N–H and O–H groups in total. The molecule has 0 radical (unpaired) electrons. The molecule has 0 aliphatic carbocycles. The van der Waals surface area contributed by atoms with Crippen molar-refractivity contribution in [3.8, 4) is 0 Å². The van der Waals surface area contributed by atoms with Crippen molar-refractivity contribution in [3.63, 3.8) is 0 Å². The molecule has 1 amide bonds. The van der Waals surface area contributed by atoms with E-state index in [4.69, 9.17) is 4.99 Å². The van der Waals surface area contributed by atoms with Gasteiger partial charge in [0.1, 0.15) is 0 Å². The van der Waals surface area contributed by atoms with E-state index in [0.29, 0.717) is 22.6 Å². The van der Waals surface area contributed by atoms with Gasteiger partial charge in [-0.1, -0.05) is 72.8 Å². The molecule has 3 aromatic carbocycles. The maximum absolute atomic E-state index is 13.0. The fourth-order valence-electron chi connectivity index (χ4n) is 3.17. The van der Waals surface area contributed by atoms with Gasteiger partial charge in [0.2, 0.25) is 5.91 Å². The summed E-state index contributed by atoms with van der Waals surface area (Å²) in [6.07, 6.45) is 0.154. The van der Waals surface area contributed by atoms with Gasteiger partial charge in [-0.3, -0.25) is 14.6 Å². The Morgan fingerprint density at radius 3 is 2.22 bits per heavy atom. The number of anilines is 1. The second-order valence-corrected chi connectivity index (χ2v) is 6.36. The number of nitrogens with zero attached hydrogens (tertiary/aromatic N) is 2. The highest BCUT2D eigenvalue weighted by Gasteiger charge is 2.26. The average Bonchev–Trinajstić information content (AvgIpc) is 2.86. The Balaban J connectivity index is 1.70. The molecule has 27 heavy (non-hydrogen) atoms. The van der Waals surface area contributed by atoms with Crippen LogP contribution >= 0.6 is 0 Å². The van der Waals surface area contributed by atoms with E-state index in [9.17, 15) is 9.59 Å². The molecule has 3 aromatic rings. The third kappa shape index (κ3) is 3.55. The van der Waals surface area contributed by atoms with E-state index in [1.807, 2.05) is 72.8 Å². The molecule has 0 bridgehead atoms. The third-order valence-electron chi connectivity index (χ3n) is 4.55. The van der Waals surface area contributed by atoms with Crippen LogP contribution in [0, 0.1) is 0 Å². The number of fused-ring (bicyclic) bond motifs is 1. The number of para-hydroxylation sites is 2. The number of hydrogen-bond acceptors (Lipinski definition) is 3. The van der Waals surface area contributed by atoms with Crippen molar-refractivity contribution in [2.45, 2.75) is 6.42 Å². The Hall–Kier alpha value is -3.53. The lowest BCUT2D eigenvalue weighted by atomic mass is 10.1. The molecule has 1 aliphatic rings. The van der Waals surface area contributed by atoms with Crippen LogP contribution in [-0.4, -0.2) is 23.9 Å². The van der Waals surface area contributed by atoms with Crippen molar-refractivity contribution in [3.05, 3.63) is 96.1 Å². The fraction of sp³-hybridized carbons (Fsp3) is 0.0870. The van der Waals surface area contributed by atoms with Crippen LogP contribution in [0.5, 0.6) is 0 Å². The van der Waals surface area contributed by atoms with Crippen LogP contribution in [0.4, 0.5) is 11.4 Å². The highest BCUT2D eigenvalue weighted by Crippen LogP contribution is 2.33. The highest BCUT2D eigenvalue weighted by atomic mass is 16.2. The smallest absolute Gasteiger partial charge is 0.233 e. The zero-order valence-electron chi connectivity index (χ0n) is 14.7. The first kappa shape index (κ1) is 16.9. The molecule has 0 spiro atoms. The van der Waals surface area contributed by atoms with Gasteiger partial charge in [0.05, 0.1) is 30.1 Å². The first-order valence-corrected chi connectivity index (χ1v) is 8.83. The van der Waals surface area contributed by atoms with Crippen molar-refractivity contribution >= 4 is 28.8 Å². The van der Waals surface area contributed by atoms with Crippen molar-refractivity contribution in [2.24, 2.45) is 4.99 Å². The summed E-state index contributed by atoms with van der Waals surface area (Å²) in [7, 11) is 0. The average molecular weight is 354 g/mol. The Kier molecular flexibility index (Phi) is 4.62. The monoisotopic (exact) mass is 354 g/mol. The molecular formula is C23H18N2O2. The number of rotatable bonds is 4. The maximum atomic E-state index is 13.0. The summed E-state index contributed by atoms with van der Waals surface area (Å²) in [6.45, 7) is -0.00253. The molecule has 4 heteroatoms. The number of ketones is 1. The van der Waals surface area contributed by atoms with E-state index in [0.717, 1.165) is 5.56 Å². The van der Waals surface area contributed by atoms with E-state index in [1.165, 1.54) is 0 Å². The molecule has 0 saturated carbocycles. The Morgan fingerprint density at radius 1 is 0.852 bits per heavy atom. The van der Waals surface area contributed by atoms with E-state index < -0.39 is 0 Å². The van der Waals surface area contributed by atoms with Crippen LogP contribution < -0.4 is 4.90 Å². The van der Waals surface area contributed by atoms with Gasteiger partial charge in [-0.2, -0.15) is 0 Å². The van der Waals surface area contributed by atoms with Crippen LogP contribution in [-0.2, 0) is 4.79 Å². The summed E-state index contributed by atoms with van der Waals surface area (Å²) in [5.41, 5.74) is 3.58. The van der Waals surface area contributed by atoms with Gasteiger partial charge in [0.25, 0.3) is 0 Å². The SMILES string of the molecule is O=C(CN1C(=O)CC(c2ccccc2)=Nc2ccccc21)c1ccccc1. The van der Waals surface area contributed by atoms with Gasteiger partial charge < -0.3 is 4.90 Å². The quantitative estimate of drug-likeness (QED) is 0.651. The summed E-state index contributed by atoms with van der Waals surface area (Å²) in [5.74, 6) is -0.228. The van der Waals surface area contributed by atoms with E-state index in [2.05, 4.69) is 0 Å². The van der Waals surface area contributed by atoms with E-state index in [1.54, 1.807) is 17.0 Å². The Morgan fingerprint density at radius 2 is 1.48 bits per heavy atom. The molecule has 132 valence electrons. The number of benzene rings is 3. The summed E-state index contributed by atoms with van der Waals surface area (Å²) >= 11 is 0. The van der Waals surface area contributed by atoms with Gasteiger partial charge >= 0.3 is 0 Å². The minimum atomic E-state index is -0.133. The van der Waals surface area contributed by atoms with Crippen LogP contribution in [0.1, 0.15) is 22.3 Å². The number of hydrogen-bond donors (Lipinski definition) is 0. The molecular weight excluding hydrogens is 336 g/mol. The second-order valence-electron chi connectivity index (χ2n) is 6.36. The molecule has 0 fully saturated rings. The lowest BCUT2D eigenvalue weighted by Crippen LogP contribution is -2.36. The molecule has 0 aromatic heterocycles. The number of Topliss-reactive ketones (excluding diaryl/α,β-unsaturated/α-hetero) is 1. The van der Waals surface area contributed by atoms with Gasteiger partial charge in [-0.15, -0.1) is 0 Å². The first-order valence-electron chi connectivity index (χ1n) is 8.83. The van der Waals surface area contributed by atoms with E-state index in [-0.39, 0.29) is 24.7 Å². The van der Waals surface area contributed by atoms with Crippen LogP contribution in [0.3, 0.4) is 0 Å². The minimum absolute atomic E-state index is 0.00253. The van der Waals surface area contributed by atoms with Crippen molar-refractivity contribution in [2.75, 3.05) is 11.4 Å². The normalized spacial score (nSPS) is 13.6. The molecule has 0 saturated heterocycles. The lowest BCUT2D eigenvalue weighted by molar-refractivity contribution is -0.117. The molecule has 4 nitrogen and oxygen atoms in total. The van der Waals surface area contributed by atoms with Crippen LogP contribution in [0.25, 0.3) is 0 Å². The minimum Gasteiger partial charge on any atom is -0.302 e. The lowest BCUT2D eigenvalue weighted by Gasteiger charge is -2.21. The Labute approximate surface area is 157 Å². The van der Waals surface area contributed by atoms with Crippen molar-refractivity contribution < 1.29 is 9.59 Å². The fourth-order valence-corrected chi connectivity index (χ4v) is 3.17. The first-order chi connectivity index (χ1) is 13.2. The standard InChI is InChI=1S/C23H18N2O2/c26-22(18-11-5-2-6-12-18)16-25-21-14-8-7-13-19(21)24-20(15-23(25)27)17-9-3-1-4-10-17/h1-14H,15-16H2. The molecule has 1 aliphatic heterocycles. The topological polar surface area (TPSA) is 49.7 Å². The molecule has 4 rings (SSSR count). The molecule has 1 heterocycles. The van der Waals surface area contributed by atoms with Gasteiger partial charge in [0, 0.05) is 5.56 Å². The van der Waals surface area contributed by atoms with Crippen LogP contribution in [0.2, 0.25) is 0 Å². The number of aliphatic imine (C=N–C) groups is 1. The zero-order valence-corrected chi connectivity index (χ0v) is 14.7. The summed E-state index contributed by atoms with van der Waals surface area (Å²) < 4.78 is 0. The maximum Gasteiger partial charge on any atom is 0.233 e. The second kappa shape index (κ2) is 7.38. The zero-order chi connectivity index (χ0) is 18.6. The molecule has 0 unspecified atom stereocenters. The summed E-state index contributed by atoms with van der Waals surface area (Å²) in [6, 6.07) is 26.2. The van der Waals surface area contributed by atoms with E-state index >= 15 is 0 Å². The largest absolute Gasteiger partial charge is 0.302 e. The number of amides is 1. The number of carbonyl (C=O) groups is 2. The predicted octanol–water partition coefficient (Wildman–Crippen LogP) is 4.43. The van der Waals surface area contributed by atoms with Crippen LogP contribution in [0.15, 0.2) is 89.9 Å².